The maximum atomic E-state index is 11.5. The van der Waals surface area contributed by atoms with E-state index in [0.29, 0.717) is 6.42 Å². The monoisotopic (exact) mass is 230 g/mol. The number of rotatable bonds is 7. The first kappa shape index (κ1) is 15.1. The SMILES string of the molecule is CCCCCC(=O)OC(=O)C(CC)C(C)O. The minimum Gasteiger partial charge on any atom is -0.393 e. The molecule has 16 heavy (non-hydrogen) atoms. The van der Waals surface area contributed by atoms with Gasteiger partial charge < -0.3 is 9.84 Å². The maximum absolute atomic E-state index is 11.5. The molecular formula is C12H22O4. The molecule has 0 heterocycles. The average Bonchev–Trinajstić information content (AvgIpc) is 2.18. The van der Waals surface area contributed by atoms with E-state index >= 15 is 0 Å². The van der Waals surface area contributed by atoms with Gasteiger partial charge in [0.25, 0.3) is 0 Å². The lowest BCUT2D eigenvalue weighted by molar-refractivity contribution is -0.165. The van der Waals surface area contributed by atoms with Crippen LogP contribution in [0.5, 0.6) is 0 Å². The smallest absolute Gasteiger partial charge is 0.319 e. The van der Waals surface area contributed by atoms with Crippen LogP contribution in [0, 0.1) is 5.92 Å². The summed E-state index contributed by atoms with van der Waals surface area (Å²) >= 11 is 0. The molecular weight excluding hydrogens is 208 g/mol. The lowest BCUT2D eigenvalue weighted by Gasteiger charge is -2.15. The Kier molecular flexibility index (Phi) is 7.81. The van der Waals surface area contributed by atoms with E-state index in [2.05, 4.69) is 4.74 Å². The summed E-state index contributed by atoms with van der Waals surface area (Å²) < 4.78 is 4.67. The van der Waals surface area contributed by atoms with Crippen molar-refractivity contribution in [3.8, 4) is 0 Å². The maximum Gasteiger partial charge on any atom is 0.319 e. The van der Waals surface area contributed by atoms with Gasteiger partial charge in [-0.2, -0.15) is 0 Å². The predicted octanol–water partition coefficient (Wildman–Crippen LogP) is 2.04. The summed E-state index contributed by atoms with van der Waals surface area (Å²) in [4.78, 5) is 22.7. The average molecular weight is 230 g/mol. The van der Waals surface area contributed by atoms with Crippen LogP contribution in [0.4, 0.5) is 0 Å². The van der Waals surface area contributed by atoms with E-state index in [1.165, 1.54) is 6.92 Å². The lowest BCUT2D eigenvalue weighted by Crippen LogP contribution is -2.29. The van der Waals surface area contributed by atoms with Gasteiger partial charge in [0.1, 0.15) is 0 Å². The van der Waals surface area contributed by atoms with Crippen molar-refractivity contribution in [2.45, 2.75) is 59.0 Å². The van der Waals surface area contributed by atoms with Crippen LogP contribution < -0.4 is 0 Å². The van der Waals surface area contributed by atoms with Crippen molar-refractivity contribution in [2.24, 2.45) is 5.92 Å². The van der Waals surface area contributed by atoms with Gasteiger partial charge in [0.15, 0.2) is 0 Å². The molecule has 1 N–H and O–H groups in total. The molecule has 0 spiro atoms. The molecule has 0 fully saturated rings. The highest BCUT2D eigenvalue weighted by Crippen LogP contribution is 2.11. The van der Waals surface area contributed by atoms with Crippen LogP contribution in [0.2, 0.25) is 0 Å². The Labute approximate surface area is 97.0 Å². The van der Waals surface area contributed by atoms with Crippen LogP contribution in [0.15, 0.2) is 0 Å². The van der Waals surface area contributed by atoms with E-state index in [-0.39, 0.29) is 6.42 Å². The molecule has 94 valence electrons. The highest BCUT2D eigenvalue weighted by molar-refractivity contribution is 5.86. The fourth-order valence-electron chi connectivity index (χ4n) is 1.46. The number of hydrogen-bond acceptors (Lipinski definition) is 4. The summed E-state index contributed by atoms with van der Waals surface area (Å²) in [5.74, 6) is -1.70. The standard InChI is InChI=1S/C12H22O4/c1-4-6-7-8-11(14)16-12(15)10(5-2)9(3)13/h9-10,13H,4-8H2,1-3H3. The summed E-state index contributed by atoms with van der Waals surface area (Å²) in [6.45, 7) is 5.34. The number of unbranched alkanes of at least 4 members (excludes halogenated alkanes) is 2. The van der Waals surface area contributed by atoms with Gasteiger partial charge in [0.05, 0.1) is 12.0 Å². The van der Waals surface area contributed by atoms with Crippen LogP contribution >= 0.6 is 0 Å². The molecule has 2 unspecified atom stereocenters. The number of esters is 2. The van der Waals surface area contributed by atoms with E-state index in [0.717, 1.165) is 19.3 Å². The van der Waals surface area contributed by atoms with Gasteiger partial charge in [0.2, 0.25) is 0 Å². The first-order valence-electron chi connectivity index (χ1n) is 5.95. The largest absolute Gasteiger partial charge is 0.393 e. The number of aliphatic hydroxyl groups excluding tert-OH is 1. The molecule has 4 heteroatoms. The van der Waals surface area contributed by atoms with Gasteiger partial charge in [-0.25, -0.2) is 0 Å². The van der Waals surface area contributed by atoms with E-state index in [1.54, 1.807) is 6.92 Å². The van der Waals surface area contributed by atoms with Crippen LogP contribution in [-0.4, -0.2) is 23.1 Å². The van der Waals surface area contributed by atoms with Gasteiger partial charge in [-0.05, 0) is 19.8 Å². The van der Waals surface area contributed by atoms with Crippen molar-refractivity contribution in [3.63, 3.8) is 0 Å². The van der Waals surface area contributed by atoms with E-state index in [1.807, 2.05) is 6.92 Å². The Morgan fingerprint density at radius 1 is 1.25 bits per heavy atom. The normalized spacial score (nSPS) is 14.2. The van der Waals surface area contributed by atoms with Crippen molar-refractivity contribution in [2.75, 3.05) is 0 Å². The van der Waals surface area contributed by atoms with Crippen LogP contribution in [0.25, 0.3) is 0 Å². The second kappa shape index (κ2) is 8.28. The van der Waals surface area contributed by atoms with Gasteiger partial charge in [-0.1, -0.05) is 26.7 Å². The lowest BCUT2D eigenvalue weighted by atomic mass is 10.0. The van der Waals surface area contributed by atoms with Crippen molar-refractivity contribution >= 4 is 11.9 Å². The molecule has 0 rings (SSSR count). The third-order valence-electron chi connectivity index (χ3n) is 2.52. The van der Waals surface area contributed by atoms with Crippen LogP contribution in [0.1, 0.15) is 52.9 Å². The topological polar surface area (TPSA) is 63.6 Å². The fourth-order valence-corrected chi connectivity index (χ4v) is 1.46. The first-order chi connectivity index (χ1) is 7.52. The zero-order valence-electron chi connectivity index (χ0n) is 10.4. The van der Waals surface area contributed by atoms with E-state index in [9.17, 15) is 14.7 Å². The Balaban J connectivity index is 3.97. The molecule has 0 aromatic carbocycles. The first-order valence-corrected chi connectivity index (χ1v) is 5.95. The summed E-state index contributed by atoms with van der Waals surface area (Å²) in [6, 6.07) is 0. The van der Waals surface area contributed by atoms with Gasteiger partial charge in [0, 0.05) is 6.42 Å². The number of carbonyl (C=O) groups is 2. The molecule has 0 saturated heterocycles. The quantitative estimate of drug-likeness (QED) is 0.413. The molecule has 0 amide bonds. The van der Waals surface area contributed by atoms with E-state index in [4.69, 9.17) is 0 Å². The Morgan fingerprint density at radius 2 is 1.88 bits per heavy atom. The molecule has 0 saturated carbocycles. The Bertz CT molecular complexity index is 223. The molecule has 0 aromatic heterocycles. The number of ether oxygens (including phenoxy) is 1. The third-order valence-corrected chi connectivity index (χ3v) is 2.52. The molecule has 0 aliphatic carbocycles. The summed E-state index contributed by atoms with van der Waals surface area (Å²) in [6.07, 6.45) is 2.69. The molecule has 2 atom stereocenters. The van der Waals surface area contributed by atoms with Gasteiger partial charge in [-0.15, -0.1) is 0 Å². The Morgan fingerprint density at radius 3 is 2.31 bits per heavy atom. The third kappa shape index (κ3) is 5.85. The highest BCUT2D eigenvalue weighted by atomic mass is 16.6. The minimum atomic E-state index is -0.777. The van der Waals surface area contributed by atoms with E-state index < -0.39 is 24.0 Å². The molecule has 0 aliphatic rings. The summed E-state index contributed by atoms with van der Waals surface area (Å²) in [5, 5.41) is 9.30. The summed E-state index contributed by atoms with van der Waals surface area (Å²) in [7, 11) is 0. The zero-order valence-corrected chi connectivity index (χ0v) is 10.4. The summed E-state index contributed by atoms with van der Waals surface area (Å²) in [5.41, 5.74) is 0. The molecule has 0 radical (unpaired) electrons. The van der Waals surface area contributed by atoms with Crippen molar-refractivity contribution in [3.05, 3.63) is 0 Å². The highest BCUT2D eigenvalue weighted by Gasteiger charge is 2.25. The van der Waals surface area contributed by atoms with Crippen LogP contribution in [0.3, 0.4) is 0 Å². The molecule has 0 aromatic rings. The molecule has 0 bridgehead atoms. The molecule has 4 nitrogen and oxygen atoms in total. The molecule has 0 aliphatic heterocycles. The Hall–Kier alpha value is -0.900. The number of carbonyl (C=O) groups excluding carboxylic acids is 2. The minimum absolute atomic E-state index is 0.274. The second-order valence-electron chi connectivity index (χ2n) is 4.01. The van der Waals surface area contributed by atoms with Gasteiger partial charge in [-0.3, -0.25) is 9.59 Å². The zero-order chi connectivity index (χ0) is 12.6. The van der Waals surface area contributed by atoms with Crippen molar-refractivity contribution in [1.82, 2.24) is 0 Å². The number of aliphatic hydroxyl groups is 1. The van der Waals surface area contributed by atoms with Crippen molar-refractivity contribution in [1.29, 1.82) is 0 Å². The van der Waals surface area contributed by atoms with Crippen molar-refractivity contribution < 1.29 is 19.4 Å². The van der Waals surface area contributed by atoms with Crippen LogP contribution in [-0.2, 0) is 14.3 Å². The predicted molar refractivity (Wildman–Crippen MR) is 60.7 cm³/mol. The second-order valence-corrected chi connectivity index (χ2v) is 4.01. The van der Waals surface area contributed by atoms with Gasteiger partial charge >= 0.3 is 11.9 Å². The fraction of sp³-hybridized carbons (Fsp3) is 0.833. The number of hydrogen-bond donors (Lipinski definition) is 1.